The molecule has 11 heteroatoms. The Kier molecular flexibility index (Phi) is 8.90. The first kappa shape index (κ1) is 19.1. The van der Waals surface area contributed by atoms with Crippen LogP contribution in [0.3, 0.4) is 0 Å². The van der Waals surface area contributed by atoms with E-state index in [0.29, 0.717) is 0 Å². The van der Waals surface area contributed by atoms with Crippen LogP contribution in [0.2, 0.25) is 0 Å². The van der Waals surface area contributed by atoms with Crippen LogP contribution >= 0.6 is 8.25 Å². The molecule has 0 aliphatic heterocycles. The molecule has 0 fully saturated rings. The molecule has 0 unspecified atom stereocenters. The number of hydrogen-bond acceptors (Lipinski definition) is 4. The summed E-state index contributed by atoms with van der Waals surface area (Å²) in [5.74, 6) is 0. The van der Waals surface area contributed by atoms with Gasteiger partial charge in [-0.05, 0) is 12.8 Å². The molecule has 104 valence electrons. The Morgan fingerprint density at radius 1 is 1.24 bits per heavy atom. The van der Waals surface area contributed by atoms with E-state index in [1.54, 1.807) is 13.8 Å². The maximum absolute atomic E-state index is 11.8. The van der Waals surface area contributed by atoms with Gasteiger partial charge in [0.05, 0.1) is 6.10 Å². The SMILES string of the molecule is CCC(CC)OS(=O)(=O)C(F)(F)F.O=[P+](O)O. The zero-order chi connectivity index (χ0) is 14.3. The smallest absolute Gasteiger partial charge is 0.260 e. The van der Waals surface area contributed by atoms with E-state index in [1.807, 2.05) is 0 Å². The Hall–Kier alpha value is -0.280. The summed E-state index contributed by atoms with van der Waals surface area (Å²) >= 11 is 0. The lowest BCUT2D eigenvalue weighted by molar-refractivity contribution is -0.0575. The van der Waals surface area contributed by atoms with Crippen molar-refractivity contribution < 1.29 is 40.1 Å². The Labute approximate surface area is 97.5 Å². The summed E-state index contributed by atoms with van der Waals surface area (Å²) in [5, 5.41) is 0. The molecule has 2 N–H and O–H groups in total. The van der Waals surface area contributed by atoms with E-state index in [9.17, 15) is 21.6 Å². The highest BCUT2D eigenvalue weighted by Crippen LogP contribution is 2.26. The van der Waals surface area contributed by atoms with Crippen LogP contribution in [0.1, 0.15) is 26.7 Å². The largest absolute Gasteiger partial charge is 0.692 e. The monoisotopic (exact) mass is 301 g/mol. The Morgan fingerprint density at radius 2 is 1.53 bits per heavy atom. The van der Waals surface area contributed by atoms with Crippen molar-refractivity contribution in [2.24, 2.45) is 0 Å². The van der Waals surface area contributed by atoms with Gasteiger partial charge in [-0.15, -0.1) is 9.79 Å². The Bertz CT molecular complexity index is 319. The van der Waals surface area contributed by atoms with Crippen molar-refractivity contribution in [1.29, 1.82) is 0 Å². The van der Waals surface area contributed by atoms with E-state index in [1.165, 1.54) is 0 Å². The van der Waals surface area contributed by atoms with Gasteiger partial charge in [0.1, 0.15) is 0 Å². The third-order valence-electron chi connectivity index (χ3n) is 1.46. The van der Waals surface area contributed by atoms with Crippen LogP contribution in [0.5, 0.6) is 0 Å². The zero-order valence-electron chi connectivity index (χ0n) is 9.01. The van der Waals surface area contributed by atoms with Crippen molar-refractivity contribution in [2.45, 2.75) is 38.3 Å². The standard InChI is InChI=1S/C6H11F3O3S.HO3P/c1-3-5(4-2)12-13(10,11)6(7,8)9;1-4(2)3/h5H,3-4H2,1-2H3;(H-,1,2,3)/p+1. The second kappa shape index (κ2) is 7.93. The van der Waals surface area contributed by atoms with Crippen LogP contribution in [0, 0.1) is 0 Å². The molecular weight excluding hydrogens is 288 g/mol. The molecule has 0 aromatic carbocycles. The fourth-order valence-electron chi connectivity index (χ4n) is 0.658. The van der Waals surface area contributed by atoms with Gasteiger partial charge >= 0.3 is 23.9 Å². The van der Waals surface area contributed by atoms with E-state index in [2.05, 4.69) is 4.18 Å². The quantitative estimate of drug-likeness (QED) is 0.465. The van der Waals surface area contributed by atoms with Crippen molar-refractivity contribution in [2.75, 3.05) is 0 Å². The summed E-state index contributed by atoms with van der Waals surface area (Å²) in [6, 6.07) is 0. The number of alkyl halides is 3. The van der Waals surface area contributed by atoms with Crippen molar-refractivity contribution >= 4 is 18.4 Å². The second-order valence-corrected chi connectivity index (χ2v) is 4.76. The third kappa shape index (κ3) is 9.42. The molecule has 0 rings (SSSR count). The third-order valence-corrected chi connectivity index (χ3v) is 2.55. The van der Waals surface area contributed by atoms with E-state index in [4.69, 9.17) is 14.4 Å². The molecule has 0 aliphatic carbocycles. The summed E-state index contributed by atoms with van der Waals surface area (Å²) in [5.41, 5.74) is -5.32. The molecule has 0 atom stereocenters. The van der Waals surface area contributed by atoms with Gasteiger partial charge in [-0.1, -0.05) is 13.8 Å². The molecule has 0 saturated carbocycles. The van der Waals surface area contributed by atoms with Gasteiger partial charge in [0.2, 0.25) is 0 Å². The van der Waals surface area contributed by atoms with Gasteiger partial charge in [0.15, 0.2) is 0 Å². The van der Waals surface area contributed by atoms with Gasteiger partial charge < -0.3 is 0 Å². The van der Waals surface area contributed by atoms with Crippen molar-refractivity contribution in [3.63, 3.8) is 0 Å². The van der Waals surface area contributed by atoms with E-state index >= 15 is 0 Å². The molecule has 17 heavy (non-hydrogen) atoms. The first-order valence-electron chi connectivity index (χ1n) is 4.32. The van der Waals surface area contributed by atoms with E-state index in [0.717, 1.165) is 0 Å². The average Bonchev–Trinajstić information content (AvgIpc) is 2.11. The van der Waals surface area contributed by atoms with Crippen LogP contribution in [-0.4, -0.2) is 29.8 Å². The fourth-order valence-corrected chi connectivity index (χ4v) is 1.40. The number of hydrogen-bond donors (Lipinski definition) is 2. The maximum atomic E-state index is 11.8. The minimum atomic E-state index is -5.42. The lowest BCUT2D eigenvalue weighted by atomic mass is 10.2. The molecule has 0 spiro atoms. The number of halogens is 3. The van der Waals surface area contributed by atoms with Gasteiger partial charge in [0, 0.05) is 4.57 Å². The predicted octanol–water partition coefficient (Wildman–Crippen LogP) is 1.67. The predicted molar refractivity (Wildman–Crippen MR) is 52.5 cm³/mol. The van der Waals surface area contributed by atoms with E-state index in [-0.39, 0.29) is 12.8 Å². The van der Waals surface area contributed by atoms with Crippen LogP contribution in [0.4, 0.5) is 13.2 Å². The highest BCUT2D eigenvalue weighted by atomic mass is 32.2. The van der Waals surface area contributed by atoms with Gasteiger partial charge in [-0.2, -0.15) is 21.6 Å². The minimum Gasteiger partial charge on any atom is -0.260 e. The molecule has 0 heterocycles. The van der Waals surface area contributed by atoms with Crippen molar-refractivity contribution in [3.05, 3.63) is 0 Å². The van der Waals surface area contributed by atoms with Crippen molar-refractivity contribution in [3.8, 4) is 0 Å². The van der Waals surface area contributed by atoms with Gasteiger partial charge in [-0.3, -0.25) is 4.18 Å². The summed E-state index contributed by atoms with van der Waals surface area (Å²) in [6.07, 6.45) is -0.441. The summed E-state index contributed by atoms with van der Waals surface area (Å²) in [6.45, 7) is 3.11. The van der Waals surface area contributed by atoms with Crippen LogP contribution in [0.15, 0.2) is 0 Å². The first-order chi connectivity index (χ1) is 7.47. The lowest BCUT2D eigenvalue weighted by Gasteiger charge is -2.14. The van der Waals surface area contributed by atoms with E-state index < -0.39 is 30.0 Å². The second-order valence-electron chi connectivity index (χ2n) is 2.69. The number of rotatable bonds is 4. The highest BCUT2D eigenvalue weighted by molar-refractivity contribution is 7.87. The summed E-state index contributed by atoms with van der Waals surface area (Å²) < 4.78 is 68.8. The fraction of sp³-hybridized carbons (Fsp3) is 1.00. The molecular formula is C6H13F3O6PS+. The molecule has 0 aliphatic rings. The molecule has 0 saturated heterocycles. The minimum absolute atomic E-state index is 0.228. The molecule has 0 aromatic heterocycles. The topological polar surface area (TPSA) is 101 Å². The highest BCUT2D eigenvalue weighted by Gasteiger charge is 2.48. The zero-order valence-corrected chi connectivity index (χ0v) is 10.7. The van der Waals surface area contributed by atoms with Crippen LogP contribution in [-0.2, 0) is 18.9 Å². The average molecular weight is 301 g/mol. The maximum Gasteiger partial charge on any atom is 0.692 e. The summed E-state index contributed by atoms with van der Waals surface area (Å²) in [7, 11) is -8.29. The lowest BCUT2D eigenvalue weighted by Crippen LogP contribution is -2.29. The molecule has 0 aromatic rings. The normalized spacial score (nSPS) is 12.0. The Balaban J connectivity index is 0. The molecule has 6 nitrogen and oxygen atoms in total. The molecule has 0 amide bonds. The van der Waals surface area contributed by atoms with Crippen LogP contribution < -0.4 is 0 Å². The Morgan fingerprint density at radius 3 is 1.71 bits per heavy atom. The summed E-state index contributed by atoms with van der Waals surface area (Å²) in [4.78, 5) is 14.2. The molecule has 0 radical (unpaired) electrons. The first-order valence-corrected chi connectivity index (χ1v) is 6.89. The van der Waals surface area contributed by atoms with Crippen molar-refractivity contribution in [1.82, 2.24) is 0 Å². The van der Waals surface area contributed by atoms with Gasteiger partial charge in [-0.25, -0.2) is 0 Å². The van der Waals surface area contributed by atoms with Crippen LogP contribution in [0.25, 0.3) is 0 Å². The molecule has 0 bridgehead atoms. The van der Waals surface area contributed by atoms with Gasteiger partial charge in [0.25, 0.3) is 0 Å².